The summed E-state index contributed by atoms with van der Waals surface area (Å²) in [5.74, 6) is 0.0453. The zero-order chi connectivity index (χ0) is 24.7. The molecule has 5 rings (SSSR count). The van der Waals surface area contributed by atoms with Crippen LogP contribution in [0.2, 0.25) is 0 Å². The standard InChI is InChI=1S/C30H31N3O2/c1-19(34)33-26-8-6-5-7-24(26)32-25-17-22(20-9-11-23(12-10-20)30(2,3)4)18-27(35)28(25)29(33)21-13-15-31-16-14-21/h5-16,22,29,32H,17-18H2,1-4H3. The van der Waals surface area contributed by atoms with Crippen molar-refractivity contribution in [2.24, 2.45) is 0 Å². The van der Waals surface area contributed by atoms with E-state index < -0.39 is 6.04 Å². The minimum atomic E-state index is -0.502. The molecule has 3 aromatic rings. The SMILES string of the molecule is CC(=O)N1c2ccccc2NC2=C(C(=O)CC(c3ccc(C(C)(C)C)cc3)C2)C1c1ccncc1. The lowest BCUT2D eigenvalue weighted by atomic mass is 9.77. The second-order valence-electron chi connectivity index (χ2n) is 10.5. The van der Waals surface area contributed by atoms with Crippen LogP contribution in [-0.4, -0.2) is 16.7 Å². The Morgan fingerprint density at radius 1 is 0.943 bits per heavy atom. The number of carbonyl (C=O) groups is 2. The van der Waals surface area contributed by atoms with E-state index in [0.717, 1.165) is 22.6 Å². The second-order valence-corrected chi connectivity index (χ2v) is 10.5. The first-order chi connectivity index (χ1) is 16.7. The van der Waals surface area contributed by atoms with E-state index in [1.807, 2.05) is 36.4 Å². The van der Waals surface area contributed by atoms with E-state index in [4.69, 9.17) is 0 Å². The van der Waals surface area contributed by atoms with E-state index in [1.165, 1.54) is 11.1 Å². The van der Waals surface area contributed by atoms with Crippen LogP contribution >= 0.6 is 0 Å². The Kier molecular flexibility index (Phi) is 5.79. The summed E-state index contributed by atoms with van der Waals surface area (Å²) in [6, 6.07) is 19.7. The molecule has 1 aromatic heterocycles. The van der Waals surface area contributed by atoms with Crippen LogP contribution in [0.4, 0.5) is 11.4 Å². The Bertz CT molecular complexity index is 1300. The normalized spacial score (nSPS) is 20.0. The monoisotopic (exact) mass is 465 g/mol. The Morgan fingerprint density at radius 3 is 2.29 bits per heavy atom. The number of hydrogen-bond donors (Lipinski definition) is 1. The van der Waals surface area contributed by atoms with Gasteiger partial charge in [0.2, 0.25) is 5.91 Å². The van der Waals surface area contributed by atoms with E-state index in [1.54, 1.807) is 24.2 Å². The fraction of sp³-hybridized carbons (Fsp3) is 0.300. The number of fused-ring (bicyclic) bond motifs is 1. The van der Waals surface area contributed by atoms with Crippen LogP contribution in [0.25, 0.3) is 0 Å². The predicted octanol–water partition coefficient (Wildman–Crippen LogP) is 6.30. The van der Waals surface area contributed by atoms with Crippen LogP contribution in [0.15, 0.2) is 84.3 Å². The molecule has 178 valence electrons. The van der Waals surface area contributed by atoms with Crippen LogP contribution in [0, 0.1) is 0 Å². The van der Waals surface area contributed by atoms with E-state index >= 15 is 0 Å². The number of Topliss-reactive ketones (excluding diaryl/α,β-unsaturated/α-hetero) is 1. The van der Waals surface area contributed by atoms with Crippen LogP contribution in [-0.2, 0) is 15.0 Å². The molecule has 5 heteroatoms. The number of pyridine rings is 1. The van der Waals surface area contributed by atoms with Gasteiger partial charge in [0.1, 0.15) is 0 Å². The molecule has 5 nitrogen and oxygen atoms in total. The molecular weight excluding hydrogens is 434 g/mol. The summed E-state index contributed by atoms with van der Waals surface area (Å²) in [4.78, 5) is 32.8. The quantitative estimate of drug-likeness (QED) is 0.482. The Labute approximate surface area is 206 Å². The van der Waals surface area contributed by atoms with Crippen molar-refractivity contribution in [2.45, 2.75) is 57.9 Å². The highest BCUT2D eigenvalue weighted by Crippen LogP contribution is 2.47. The van der Waals surface area contributed by atoms with Crippen molar-refractivity contribution in [1.29, 1.82) is 0 Å². The molecule has 0 radical (unpaired) electrons. The first-order valence-electron chi connectivity index (χ1n) is 12.2. The highest BCUT2D eigenvalue weighted by atomic mass is 16.2. The zero-order valence-electron chi connectivity index (χ0n) is 20.7. The number of rotatable bonds is 2. The highest BCUT2D eigenvalue weighted by molar-refractivity contribution is 6.05. The number of allylic oxidation sites excluding steroid dienone is 1. The van der Waals surface area contributed by atoms with Crippen molar-refractivity contribution in [2.75, 3.05) is 10.2 Å². The van der Waals surface area contributed by atoms with Gasteiger partial charge in [-0.1, -0.05) is 57.2 Å². The molecule has 1 N–H and O–H groups in total. The van der Waals surface area contributed by atoms with Crippen molar-refractivity contribution in [3.63, 3.8) is 0 Å². The maximum atomic E-state index is 13.8. The largest absolute Gasteiger partial charge is 0.357 e. The molecule has 0 bridgehead atoms. The third-order valence-corrected chi connectivity index (χ3v) is 7.10. The number of nitrogens with zero attached hydrogens (tertiary/aromatic N) is 2. The van der Waals surface area contributed by atoms with Gasteiger partial charge in [-0.2, -0.15) is 0 Å². The summed E-state index contributed by atoms with van der Waals surface area (Å²) in [6.45, 7) is 8.17. The second kappa shape index (κ2) is 8.81. The first-order valence-corrected chi connectivity index (χ1v) is 12.2. The molecule has 2 atom stereocenters. The lowest BCUT2D eigenvalue weighted by Gasteiger charge is -2.34. The fourth-order valence-electron chi connectivity index (χ4n) is 5.29. The van der Waals surface area contributed by atoms with Gasteiger partial charge in [0.05, 0.1) is 17.4 Å². The maximum absolute atomic E-state index is 13.8. The molecule has 2 unspecified atom stereocenters. The zero-order valence-corrected chi connectivity index (χ0v) is 20.7. The Balaban J connectivity index is 1.62. The van der Waals surface area contributed by atoms with Crippen molar-refractivity contribution in [3.8, 4) is 0 Å². The molecular formula is C30H31N3O2. The topological polar surface area (TPSA) is 62.3 Å². The molecule has 2 heterocycles. The third-order valence-electron chi connectivity index (χ3n) is 7.10. The molecule has 0 fully saturated rings. The van der Waals surface area contributed by atoms with E-state index in [9.17, 15) is 9.59 Å². The van der Waals surface area contributed by atoms with E-state index in [-0.39, 0.29) is 23.0 Å². The summed E-state index contributed by atoms with van der Waals surface area (Å²) in [5, 5.41) is 3.56. The first kappa shape index (κ1) is 23.0. The average molecular weight is 466 g/mol. The number of amides is 1. The van der Waals surface area contributed by atoms with Crippen LogP contribution in [0.1, 0.15) is 69.2 Å². The summed E-state index contributed by atoms with van der Waals surface area (Å²) >= 11 is 0. The molecule has 35 heavy (non-hydrogen) atoms. The molecule has 0 saturated carbocycles. The van der Waals surface area contributed by atoms with Crippen molar-refractivity contribution in [1.82, 2.24) is 4.98 Å². The fourth-order valence-corrected chi connectivity index (χ4v) is 5.29. The minimum absolute atomic E-state index is 0.0736. The number of nitrogens with one attached hydrogen (secondary N) is 1. The molecule has 0 saturated heterocycles. The van der Waals surface area contributed by atoms with Crippen LogP contribution in [0.3, 0.4) is 0 Å². The Hall–Kier alpha value is -3.73. The van der Waals surface area contributed by atoms with Crippen molar-refractivity contribution in [3.05, 3.63) is 101 Å². The lowest BCUT2D eigenvalue weighted by molar-refractivity contribution is -0.117. The predicted molar refractivity (Wildman–Crippen MR) is 139 cm³/mol. The highest BCUT2D eigenvalue weighted by Gasteiger charge is 2.40. The van der Waals surface area contributed by atoms with Gasteiger partial charge in [0.25, 0.3) is 0 Å². The molecule has 1 aliphatic carbocycles. The Morgan fingerprint density at radius 2 is 1.63 bits per heavy atom. The molecule has 1 aliphatic heterocycles. The number of aromatic nitrogens is 1. The number of benzene rings is 2. The van der Waals surface area contributed by atoms with E-state index in [2.05, 4.69) is 55.3 Å². The maximum Gasteiger partial charge on any atom is 0.224 e. The molecule has 0 spiro atoms. The van der Waals surface area contributed by atoms with Crippen molar-refractivity contribution < 1.29 is 9.59 Å². The molecule has 1 amide bonds. The van der Waals surface area contributed by atoms with Gasteiger partial charge < -0.3 is 5.32 Å². The summed E-state index contributed by atoms with van der Waals surface area (Å²) < 4.78 is 0. The number of anilines is 2. The van der Waals surface area contributed by atoms with Crippen LogP contribution < -0.4 is 10.2 Å². The summed E-state index contributed by atoms with van der Waals surface area (Å²) in [6.07, 6.45) is 4.55. The summed E-state index contributed by atoms with van der Waals surface area (Å²) in [5.41, 5.74) is 6.58. The smallest absolute Gasteiger partial charge is 0.224 e. The van der Waals surface area contributed by atoms with Gasteiger partial charge in [-0.25, -0.2) is 0 Å². The van der Waals surface area contributed by atoms with Gasteiger partial charge in [-0.15, -0.1) is 0 Å². The lowest BCUT2D eigenvalue weighted by Crippen LogP contribution is -2.37. The minimum Gasteiger partial charge on any atom is -0.357 e. The molecule has 2 aliphatic rings. The van der Waals surface area contributed by atoms with Crippen LogP contribution in [0.5, 0.6) is 0 Å². The average Bonchev–Trinajstić information content (AvgIpc) is 2.99. The van der Waals surface area contributed by atoms with Gasteiger partial charge in [0.15, 0.2) is 5.78 Å². The molecule has 2 aromatic carbocycles. The van der Waals surface area contributed by atoms with Crippen molar-refractivity contribution >= 4 is 23.1 Å². The van der Waals surface area contributed by atoms with Gasteiger partial charge in [-0.3, -0.25) is 19.5 Å². The van der Waals surface area contributed by atoms with E-state index in [0.29, 0.717) is 18.4 Å². The van der Waals surface area contributed by atoms with Gasteiger partial charge in [-0.05, 0) is 58.7 Å². The third kappa shape index (κ3) is 4.27. The number of ketones is 1. The van der Waals surface area contributed by atoms with Gasteiger partial charge in [0, 0.05) is 37.0 Å². The van der Waals surface area contributed by atoms with Gasteiger partial charge >= 0.3 is 0 Å². The summed E-state index contributed by atoms with van der Waals surface area (Å²) in [7, 11) is 0. The number of hydrogen-bond acceptors (Lipinski definition) is 4. The number of carbonyl (C=O) groups excluding carboxylic acids is 2. The number of para-hydroxylation sites is 2.